The van der Waals surface area contributed by atoms with E-state index in [4.69, 9.17) is 4.84 Å². The highest BCUT2D eigenvalue weighted by Gasteiger charge is 2.34. The molecule has 5 aromatic carbocycles. The molecule has 0 N–H and O–H groups in total. The summed E-state index contributed by atoms with van der Waals surface area (Å²) >= 11 is 0. The summed E-state index contributed by atoms with van der Waals surface area (Å²) in [6, 6.07) is 45.7. The van der Waals surface area contributed by atoms with E-state index in [1.54, 1.807) is 5.06 Å². The van der Waals surface area contributed by atoms with E-state index >= 15 is 0 Å². The van der Waals surface area contributed by atoms with Crippen molar-refractivity contribution in [3.05, 3.63) is 156 Å². The zero-order valence-corrected chi connectivity index (χ0v) is 26.6. The van der Waals surface area contributed by atoms with Crippen molar-refractivity contribution in [2.45, 2.75) is 71.3 Å². The standard InChI is InChI=1S/C40H44N2O2/c1-30(33-20-11-7-12-21-33)41(29-32-18-9-6-10-19-32)38(35-23-13-8-14-24-35)28-39(43)42(44-40(3,4)5)31(2)36-27-17-25-34-22-15-16-26-37(34)36/h6-27,30-31,38H,28-29H2,1-5H3/t30-,31-,38+/m0/s1. The molecular weight excluding hydrogens is 540 g/mol. The number of rotatable bonds is 11. The van der Waals surface area contributed by atoms with Crippen molar-refractivity contribution in [1.82, 2.24) is 9.96 Å². The molecule has 44 heavy (non-hydrogen) atoms. The van der Waals surface area contributed by atoms with Crippen molar-refractivity contribution in [2.75, 3.05) is 0 Å². The predicted molar refractivity (Wildman–Crippen MR) is 181 cm³/mol. The maximum absolute atomic E-state index is 14.6. The van der Waals surface area contributed by atoms with Crippen LogP contribution in [0.4, 0.5) is 0 Å². The van der Waals surface area contributed by atoms with E-state index in [1.165, 1.54) is 11.1 Å². The number of benzene rings is 5. The van der Waals surface area contributed by atoms with Crippen LogP contribution in [-0.4, -0.2) is 21.5 Å². The summed E-state index contributed by atoms with van der Waals surface area (Å²) < 4.78 is 0. The number of hydroxylamine groups is 2. The van der Waals surface area contributed by atoms with Gasteiger partial charge in [0.15, 0.2) is 0 Å². The van der Waals surface area contributed by atoms with Gasteiger partial charge in [0.25, 0.3) is 0 Å². The van der Waals surface area contributed by atoms with Crippen molar-refractivity contribution < 1.29 is 9.63 Å². The molecule has 0 radical (unpaired) electrons. The molecule has 0 aromatic heterocycles. The van der Waals surface area contributed by atoms with Crippen LogP contribution < -0.4 is 0 Å². The van der Waals surface area contributed by atoms with Crippen LogP contribution in [-0.2, 0) is 16.2 Å². The average Bonchev–Trinajstić information content (AvgIpc) is 3.05. The Morgan fingerprint density at radius 1 is 0.659 bits per heavy atom. The molecule has 0 aliphatic rings. The molecule has 0 spiro atoms. The Morgan fingerprint density at radius 2 is 1.20 bits per heavy atom. The first-order valence-electron chi connectivity index (χ1n) is 15.6. The second-order valence-electron chi connectivity index (χ2n) is 12.5. The average molecular weight is 585 g/mol. The fourth-order valence-corrected chi connectivity index (χ4v) is 5.97. The molecule has 0 unspecified atom stereocenters. The number of fused-ring (bicyclic) bond motifs is 1. The zero-order valence-electron chi connectivity index (χ0n) is 26.6. The largest absolute Gasteiger partial charge is 0.285 e. The molecule has 4 heteroatoms. The van der Waals surface area contributed by atoms with E-state index in [9.17, 15) is 4.79 Å². The summed E-state index contributed by atoms with van der Waals surface area (Å²) in [6.45, 7) is 11.0. The summed E-state index contributed by atoms with van der Waals surface area (Å²) in [7, 11) is 0. The SMILES string of the molecule is C[C@@H](c1cccc2ccccc12)N(OC(C)(C)C)C(=O)C[C@H](c1ccccc1)N(Cc1ccccc1)[C@@H](C)c1ccccc1. The van der Waals surface area contributed by atoms with Crippen molar-refractivity contribution >= 4 is 16.7 Å². The van der Waals surface area contributed by atoms with E-state index in [0.29, 0.717) is 6.54 Å². The van der Waals surface area contributed by atoms with Crippen LogP contribution in [0.5, 0.6) is 0 Å². The minimum Gasteiger partial charge on any atom is -0.285 e. The van der Waals surface area contributed by atoms with Gasteiger partial charge in [-0.2, -0.15) is 0 Å². The molecular formula is C40H44N2O2. The lowest BCUT2D eigenvalue weighted by molar-refractivity contribution is -0.243. The Balaban J connectivity index is 1.56. The maximum atomic E-state index is 14.6. The van der Waals surface area contributed by atoms with Crippen molar-refractivity contribution in [3.63, 3.8) is 0 Å². The van der Waals surface area contributed by atoms with E-state index in [-0.39, 0.29) is 30.5 Å². The second kappa shape index (κ2) is 14.0. The van der Waals surface area contributed by atoms with Crippen LogP contribution in [0.15, 0.2) is 133 Å². The van der Waals surface area contributed by atoms with Gasteiger partial charge in [-0.3, -0.25) is 14.5 Å². The van der Waals surface area contributed by atoms with E-state index < -0.39 is 5.60 Å². The molecule has 226 valence electrons. The van der Waals surface area contributed by atoms with Crippen molar-refractivity contribution in [2.24, 2.45) is 0 Å². The maximum Gasteiger partial charge on any atom is 0.248 e. The number of hydrogen-bond acceptors (Lipinski definition) is 3. The van der Waals surface area contributed by atoms with Gasteiger partial charge in [-0.25, -0.2) is 5.06 Å². The van der Waals surface area contributed by atoms with Crippen LogP contribution in [0.1, 0.15) is 81.4 Å². The van der Waals surface area contributed by atoms with Gasteiger partial charge in [0, 0.05) is 25.0 Å². The molecule has 5 aromatic rings. The predicted octanol–water partition coefficient (Wildman–Crippen LogP) is 9.85. The van der Waals surface area contributed by atoms with Crippen LogP contribution in [0.3, 0.4) is 0 Å². The first-order valence-corrected chi connectivity index (χ1v) is 15.6. The normalized spacial score (nSPS) is 13.9. The highest BCUT2D eigenvalue weighted by atomic mass is 16.7. The van der Waals surface area contributed by atoms with E-state index in [2.05, 4.69) is 122 Å². The number of nitrogens with zero attached hydrogens (tertiary/aromatic N) is 2. The Morgan fingerprint density at radius 3 is 1.84 bits per heavy atom. The highest BCUT2D eigenvalue weighted by molar-refractivity contribution is 5.86. The van der Waals surface area contributed by atoms with Gasteiger partial charge in [-0.15, -0.1) is 0 Å². The third-order valence-corrected chi connectivity index (χ3v) is 8.18. The minimum atomic E-state index is -0.558. The summed E-state index contributed by atoms with van der Waals surface area (Å²) in [5.41, 5.74) is 4.03. The molecule has 0 saturated heterocycles. The fraction of sp³-hybridized carbons (Fsp3) is 0.275. The third-order valence-electron chi connectivity index (χ3n) is 8.18. The lowest BCUT2D eigenvalue weighted by atomic mass is 9.95. The molecule has 4 nitrogen and oxygen atoms in total. The quantitative estimate of drug-likeness (QED) is 0.145. The third kappa shape index (κ3) is 7.63. The Labute approximate surface area is 262 Å². The van der Waals surface area contributed by atoms with Gasteiger partial charge in [0.2, 0.25) is 5.91 Å². The van der Waals surface area contributed by atoms with Crippen LogP contribution in [0, 0.1) is 0 Å². The lowest BCUT2D eigenvalue weighted by Gasteiger charge is -2.40. The molecule has 3 atom stereocenters. The van der Waals surface area contributed by atoms with Crippen LogP contribution in [0.2, 0.25) is 0 Å². The second-order valence-corrected chi connectivity index (χ2v) is 12.5. The molecule has 0 bridgehead atoms. The summed E-state index contributed by atoms with van der Waals surface area (Å²) in [5.74, 6) is -0.0486. The topological polar surface area (TPSA) is 32.8 Å². The smallest absolute Gasteiger partial charge is 0.248 e. The summed E-state index contributed by atoms with van der Waals surface area (Å²) in [5, 5.41) is 3.90. The number of carbonyl (C=O) groups is 1. The highest BCUT2D eigenvalue weighted by Crippen LogP contribution is 2.37. The molecule has 0 aliphatic heterocycles. The Hall–Kier alpha value is -4.25. The first kappa shape index (κ1) is 31.2. The van der Waals surface area contributed by atoms with Gasteiger partial charge in [0.05, 0.1) is 11.6 Å². The van der Waals surface area contributed by atoms with Gasteiger partial charge < -0.3 is 0 Å². The lowest BCUT2D eigenvalue weighted by Crippen LogP contribution is -2.42. The van der Waals surface area contributed by atoms with Gasteiger partial charge in [0.1, 0.15) is 0 Å². The Bertz CT molecular complexity index is 1630. The molecule has 0 heterocycles. The molecule has 0 saturated carbocycles. The van der Waals surface area contributed by atoms with Crippen LogP contribution >= 0.6 is 0 Å². The first-order chi connectivity index (χ1) is 21.2. The van der Waals surface area contributed by atoms with Crippen LogP contribution in [0.25, 0.3) is 10.8 Å². The zero-order chi connectivity index (χ0) is 31.1. The van der Waals surface area contributed by atoms with E-state index in [1.807, 2.05) is 51.1 Å². The monoisotopic (exact) mass is 584 g/mol. The molecule has 1 amide bonds. The van der Waals surface area contributed by atoms with Gasteiger partial charge in [-0.1, -0.05) is 133 Å². The number of hydrogen-bond donors (Lipinski definition) is 0. The minimum absolute atomic E-state index is 0.0486. The summed E-state index contributed by atoms with van der Waals surface area (Å²) in [6.07, 6.45) is 0.263. The van der Waals surface area contributed by atoms with Gasteiger partial charge in [-0.05, 0) is 67.6 Å². The molecule has 0 aliphatic carbocycles. The van der Waals surface area contributed by atoms with Crippen molar-refractivity contribution in [3.8, 4) is 0 Å². The number of carbonyl (C=O) groups excluding carboxylic acids is 1. The molecule has 5 rings (SSSR count). The summed E-state index contributed by atoms with van der Waals surface area (Å²) in [4.78, 5) is 23.6. The Kier molecular flexibility index (Phi) is 9.94. The number of amides is 1. The van der Waals surface area contributed by atoms with Gasteiger partial charge >= 0.3 is 0 Å². The van der Waals surface area contributed by atoms with E-state index in [0.717, 1.165) is 21.9 Å². The fourth-order valence-electron chi connectivity index (χ4n) is 5.97. The van der Waals surface area contributed by atoms with Crippen molar-refractivity contribution in [1.29, 1.82) is 0 Å². The molecule has 0 fully saturated rings.